The Kier molecular flexibility index (Phi) is 6.12. The second kappa shape index (κ2) is 9.11. The van der Waals surface area contributed by atoms with Gasteiger partial charge in [-0.05, 0) is 61.2 Å². The Hall–Kier alpha value is -2.53. The maximum atomic E-state index is 6.02. The molecule has 0 amide bonds. The molecule has 0 radical (unpaired) electrons. The molecule has 1 atom stereocenters. The summed E-state index contributed by atoms with van der Waals surface area (Å²) in [5.41, 5.74) is 7.51. The lowest BCUT2D eigenvalue weighted by molar-refractivity contribution is 0.201. The molecule has 1 fully saturated rings. The number of para-hydroxylation sites is 2. The molecule has 28 heavy (non-hydrogen) atoms. The summed E-state index contributed by atoms with van der Waals surface area (Å²) in [5, 5.41) is 0. The van der Waals surface area contributed by atoms with Gasteiger partial charge in [-0.25, -0.2) is 0 Å². The van der Waals surface area contributed by atoms with Crippen LogP contribution in [-0.4, -0.2) is 18.1 Å². The number of hydrogen-bond acceptors (Lipinski definition) is 5. The molecule has 0 saturated heterocycles. The van der Waals surface area contributed by atoms with Crippen molar-refractivity contribution in [3.8, 4) is 17.6 Å². The lowest BCUT2D eigenvalue weighted by Crippen LogP contribution is -2.27. The molecule has 2 aromatic carbocycles. The zero-order chi connectivity index (χ0) is 19.2. The standard InChI is InChI=1S/C23H28N2O3/c24-16-18(17-6-2-1-3-7-17)14-15-26-19-10-12-20(13-11-19)27-23-25-21-8-4-5-9-22(21)28-23/h4-5,8-13,17-18H,1-3,6-7,14-16,24H2. The van der Waals surface area contributed by atoms with Gasteiger partial charge in [0.2, 0.25) is 0 Å². The summed E-state index contributed by atoms with van der Waals surface area (Å²) in [6, 6.07) is 15.2. The van der Waals surface area contributed by atoms with Crippen LogP contribution < -0.4 is 15.2 Å². The molecule has 1 aliphatic carbocycles. The summed E-state index contributed by atoms with van der Waals surface area (Å²) in [6.45, 7) is 1.45. The first kappa shape index (κ1) is 18.8. The minimum absolute atomic E-state index is 0.244. The number of aromatic nitrogens is 1. The van der Waals surface area contributed by atoms with Crippen LogP contribution in [0.5, 0.6) is 17.6 Å². The van der Waals surface area contributed by atoms with Crippen molar-refractivity contribution in [1.82, 2.24) is 4.98 Å². The SMILES string of the molecule is NCC(CCOc1ccc(Oc2nc3ccccc3o2)cc1)C1CCCCC1. The van der Waals surface area contributed by atoms with E-state index >= 15 is 0 Å². The van der Waals surface area contributed by atoms with Crippen molar-refractivity contribution in [3.63, 3.8) is 0 Å². The van der Waals surface area contributed by atoms with Crippen molar-refractivity contribution in [3.05, 3.63) is 48.5 Å². The van der Waals surface area contributed by atoms with Crippen LogP contribution in [0.3, 0.4) is 0 Å². The van der Waals surface area contributed by atoms with Crippen molar-refractivity contribution < 1.29 is 13.9 Å². The van der Waals surface area contributed by atoms with Gasteiger partial charge < -0.3 is 19.6 Å². The summed E-state index contributed by atoms with van der Waals surface area (Å²) < 4.78 is 17.2. The number of fused-ring (bicyclic) bond motifs is 1. The number of hydrogen-bond donors (Lipinski definition) is 1. The zero-order valence-corrected chi connectivity index (χ0v) is 16.2. The highest BCUT2D eigenvalue weighted by Gasteiger charge is 2.22. The molecule has 2 N–H and O–H groups in total. The molecule has 5 heteroatoms. The van der Waals surface area contributed by atoms with E-state index in [4.69, 9.17) is 19.6 Å². The Morgan fingerprint density at radius 2 is 1.75 bits per heavy atom. The lowest BCUT2D eigenvalue weighted by Gasteiger charge is -2.29. The molecule has 1 aliphatic rings. The molecule has 0 spiro atoms. The fraction of sp³-hybridized carbons (Fsp3) is 0.435. The van der Waals surface area contributed by atoms with Gasteiger partial charge in [-0.2, -0.15) is 4.98 Å². The highest BCUT2D eigenvalue weighted by molar-refractivity contribution is 5.72. The largest absolute Gasteiger partial charge is 0.494 e. The van der Waals surface area contributed by atoms with Gasteiger partial charge in [0.15, 0.2) is 5.58 Å². The van der Waals surface area contributed by atoms with Crippen LogP contribution in [0.15, 0.2) is 52.9 Å². The van der Waals surface area contributed by atoms with E-state index in [0.29, 0.717) is 23.9 Å². The maximum Gasteiger partial charge on any atom is 0.400 e. The summed E-state index contributed by atoms with van der Waals surface area (Å²) >= 11 is 0. The molecule has 1 heterocycles. The molecule has 1 saturated carbocycles. The minimum Gasteiger partial charge on any atom is -0.494 e. The van der Waals surface area contributed by atoms with Gasteiger partial charge in [0, 0.05) is 0 Å². The molecule has 0 aliphatic heterocycles. The molecular formula is C23H28N2O3. The monoisotopic (exact) mass is 380 g/mol. The second-order valence-electron chi connectivity index (χ2n) is 7.55. The van der Waals surface area contributed by atoms with Gasteiger partial charge in [0.05, 0.1) is 6.61 Å². The zero-order valence-electron chi connectivity index (χ0n) is 16.2. The highest BCUT2D eigenvalue weighted by atomic mass is 16.6. The minimum atomic E-state index is 0.244. The van der Waals surface area contributed by atoms with Crippen molar-refractivity contribution in [2.75, 3.05) is 13.2 Å². The summed E-state index contributed by atoms with van der Waals surface area (Å²) in [6.07, 6.45) is 7.98. The topological polar surface area (TPSA) is 70.5 Å². The summed E-state index contributed by atoms with van der Waals surface area (Å²) in [7, 11) is 0. The molecule has 5 nitrogen and oxygen atoms in total. The van der Waals surface area contributed by atoms with Crippen LogP contribution in [0.25, 0.3) is 11.1 Å². The van der Waals surface area contributed by atoms with Crippen LogP contribution in [0.2, 0.25) is 0 Å². The summed E-state index contributed by atoms with van der Waals surface area (Å²) in [4.78, 5) is 4.32. The van der Waals surface area contributed by atoms with E-state index < -0.39 is 0 Å². The van der Waals surface area contributed by atoms with Gasteiger partial charge in [-0.3, -0.25) is 0 Å². The number of ether oxygens (including phenoxy) is 2. The van der Waals surface area contributed by atoms with Crippen LogP contribution in [0.1, 0.15) is 38.5 Å². The van der Waals surface area contributed by atoms with E-state index in [1.165, 1.54) is 32.1 Å². The van der Waals surface area contributed by atoms with E-state index in [0.717, 1.165) is 30.1 Å². The van der Waals surface area contributed by atoms with Gasteiger partial charge in [-0.15, -0.1) is 0 Å². The van der Waals surface area contributed by atoms with E-state index in [1.807, 2.05) is 48.5 Å². The lowest BCUT2D eigenvalue weighted by atomic mass is 9.79. The maximum absolute atomic E-state index is 6.02. The average molecular weight is 380 g/mol. The predicted octanol–water partition coefficient (Wildman–Crippen LogP) is 5.54. The molecule has 3 aromatic rings. The van der Waals surface area contributed by atoms with E-state index in [1.54, 1.807) is 0 Å². The van der Waals surface area contributed by atoms with E-state index in [2.05, 4.69) is 4.98 Å². The number of nitrogens with two attached hydrogens (primary N) is 1. The number of rotatable bonds is 8. The third-order valence-electron chi connectivity index (χ3n) is 5.68. The van der Waals surface area contributed by atoms with E-state index in [9.17, 15) is 0 Å². The smallest absolute Gasteiger partial charge is 0.400 e. The first-order valence-corrected chi connectivity index (χ1v) is 10.3. The second-order valence-corrected chi connectivity index (χ2v) is 7.55. The van der Waals surface area contributed by atoms with Gasteiger partial charge >= 0.3 is 6.08 Å². The Labute approximate surface area is 165 Å². The van der Waals surface area contributed by atoms with Crippen LogP contribution in [0, 0.1) is 11.8 Å². The Balaban J connectivity index is 1.28. The fourth-order valence-corrected chi connectivity index (χ4v) is 4.08. The van der Waals surface area contributed by atoms with Crippen molar-refractivity contribution in [2.24, 2.45) is 17.6 Å². The normalized spacial score (nSPS) is 16.2. The van der Waals surface area contributed by atoms with Crippen LogP contribution >= 0.6 is 0 Å². The van der Waals surface area contributed by atoms with Gasteiger partial charge in [0.25, 0.3) is 0 Å². The van der Waals surface area contributed by atoms with Crippen molar-refractivity contribution in [1.29, 1.82) is 0 Å². The fourth-order valence-electron chi connectivity index (χ4n) is 4.08. The first-order valence-electron chi connectivity index (χ1n) is 10.3. The number of oxazole rings is 1. The Morgan fingerprint density at radius 3 is 2.50 bits per heavy atom. The highest BCUT2D eigenvalue weighted by Crippen LogP contribution is 2.31. The van der Waals surface area contributed by atoms with Gasteiger partial charge in [0.1, 0.15) is 17.0 Å². The molecule has 4 rings (SSSR count). The van der Waals surface area contributed by atoms with Gasteiger partial charge in [-0.1, -0.05) is 44.2 Å². The quantitative estimate of drug-likeness (QED) is 0.555. The molecule has 1 aromatic heterocycles. The van der Waals surface area contributed by atoms with Crippen molar-refractivity contribution >= 4 is 11.1 Å². The number of benzene rings is 2. The molecule has 148 valence electrons. The Morgan fingerprint density at radius 1 is 1.00 bits per heavy atom. The third kappa shape index (κ3) is 4.65. The molecule has 1 unspecified atom stereocenters. The Bertz CT molecular complexity index is 836. The first-order chi connectivity index (χ1) is 13.8. The average Bonchev–Trinajstić information content (AvgIpc) is 3.15. The molecular weight excluding hydrogens is 352 g/mol. The van der Waals surface area contributed by atoms with E-state index in [-0.39, 0.29) is 6.08 Å². The van der Waals surface area contributed by atoms with Crippen LogP contribution in [0.4, 0.5) is 0 Å². The summed E-state index contributed by atoms with van der Waals surface area (Å²) in [5.74, 6) is 2.85. The van der Waals surface area contributed by atoms with Crippen LogP contribution in [-0.2, 0) is 0 Å². The van der Waals surface area contributed by atoms with Crippen molar-refractivity contribution in [2.45, 2.75) is 38.5 Å². The molecule has 0 bridgehead atoms. The predicted molar refractivity (Wildman–Crippen MR) is 110 cm³/mol. The number of nitrogens with zero attached hydrogens (tertiary/aromatic N) is 1. The third-order valence-corrected chi connectivity index (χ3v) is 5.68.